The zero-order chi connectivity index (χ0) is 19.5. The number of benzene rings is 1. The molecule has 2 bridgehead atoms. The van der Waals surface area contributed by atoms with Gasteiger partial charge in [-0.25, -0.2) is 0 Å². The van der Waals surface area contributed by atoms with Gasteiger partial charge >= 0.3 is 11.8 Å². The van der Waals surface area contributed by atoms with Gasteiger partial charge in [0.2, 0.25) is 0 Å². The molecule has 2 aromatic rings. The predicted octanol–water partition coefficient (Wildman–Crippen LogP) is 3.43. The molecule has 2 fully saturated rings. The lowest BCUT2D eigenvalue weighted by Crippen LogP contribution is -2.29. The van der Waals surface area contributed by atoms with Gasteiger partial charge in [0.15, 0.2) is 5.82 Å². The van der Waals surface area contributed by atoms with Gasteiger partial charge in [-0.3, -0.25) is 14.7 Å². The van der Waals surface area contributed by atoms with Gasteiger partial charge in [-0.2, -0.15) is 5.10 Å². The van der Waals surface area contributed by atoms with Crippen LogP contribution in [0.4, 0.5) is 11.5 Å². The van der Waals surface area contributed by atoms with E-state index < -0.39 is 11.8 Å². The van der Waals surface area contributed by atoms with E-state index in [2.05, 4.69) is 20.8 Å². The van der Waals surface area contributed by atoms with E-state index in [0.29, 0.717) is 30.6 Å². The first-order chi connectivity index (χ1) is 13.6. The number of H-pyrrole nitrogens is 1. The SMILES string of the molecule is CCOCc1cccc(NC(=O)C(=O)Nc2cc(C3CC4CCC3C4)[nH]n2)c1. The molecule has 0 spiro atoms. The Kier molecular flexibility index (Phi) is 5.43. The zero-order valence-electron chi connectivity index (χ0n) is 16.0. The molecule has 0 saturated heterocycles. The standard InChI is InChI=1S/C21H26N4O3/c1-2-28-12-14-4-3-5-16(9-14)22-20(26)21(27)23-19-11-18(24-25-19)17-10-13-6-7-15(17)8-13/h3-5,9,11,13,15,17H,2,6-8,10,12H2,1H3,(H,22,26)(H2,23,24,25,27). The maximum Gasteiger partial charge on any atom is 0.315 e. The molecule has 3 N–H and O–H groups in total. The van der Waals surface area contributed by atoms with E-state index in [4.69, 9.17) is 4.74 Å². The molecular weight excluding hydrogens is 356 g/mol. The fourth-order valence-corrected chi connectivity index (χ4v) is 4.54. The number of carbonyl (C=O) groups excluding carboxylic acids is 2. The molecule has 4 rings (SSSR count). The molecule has 1 heterocycles. The van der Waals surface area contributed by atoms with Crippen LogP contribution in [0.25, 0.3) is 0 Å². The van der Waals surface area contributed by atoms with Crippen LogP contribution < -0.4 is 10.6 Å². The highest BCUT2D eigenvalue weighted by Crippen LogP contribution is 2.52. The quantitative estimate of drug-likeness (QED) is 0.667. The van der Waals surface area contributed by atoms with Crippen LogP contribution in [-0.2, 0) is 20.9 Å². The maximum atomic E-state index is 12.2. The largest absolute Gasteiger partial charge is 0.377 e. The van der Waals surface area contributed by atoms with E-state index in [1.165, 1.54) is 25.7 Å². The highest BCUT2D eigenvalue weighted by molar-refractivity contribution is 6.43. The van der Waals surface area contributed by atoms with Crippen LogP contribution in [0.5, 0.6) is 0 Å². The Labute approximate surface area is 164 Å². The van der Waals surface area contributed by atoms with Crippen molar-refractivity contribution in [3.05, 3.63) is 41.6 Å². The molecule has 7 nitrogen and oxygen atoms in total. The highest BCUT2D eigenvalue weighted by atomic mass is 16.5. The van der Waals surface area contributed by atoms with Crippen molar-refractivity contribution in [1.82, 2.24) is 10.2 Å². The molecule has 28 heavy (non-hydrogen) atoms. The number of nitrogens with one attached hydrogen (secondary N) is 3. The lowest BCUT2D eigenvalue weighted by Gasteiger charge is -2.19. The van der Waals surface area contributed by atoms with Crippen molar-refractivity contribution in [2.24, 2.45) is 11.8 Å². The molecule has 2 aliphatic carbocycles. The first-order valence-corrected chi connectivity index (χ1v) is 9.96. The average molecular weight is 382 g/mol. The number of hydrogen-bond acceptors (Lipinski definition) is 4. The van der Waals surface area contributed by atoms with Crippen LogP contribution in [-0.4, -0.2) is 28.6 Å². The number of carbonyl (C=O) groups is 2. The van der Waals surface area contributed by atoms with E-state index in [1.807, 2.05) is 25.1 Å². The summed E-state index contributed by atoms with van der Waals surface area (Å²) >= 11 is 0. The van der Waals surface area contributed by atoms with Crippen molar-refractivity contribution in [2.45, 2.75) is 45.1 Å². The maximum absolute atomic E-state index is 12.2. The summed E-state index contributed by atoms with van der Waals surface area (Å²) in [5.41, 5.74) is 2.55. The first kappa shape index (κ1) is 18.7. The summed E-state index contributed by atoms with van der Waals surface area (Å²) < 4.78 is 5.36. The third-order valence-electron chi connectivity index (χ3n) is 5.84. The summed E-state index contributed by atoms with van der Waals surface area (Å²) in [7, 11) is 0. The Bertz CT molecular complexity index is 863. The Morgan fingerprint density at radius 1 is 1.18 bits per heavy atom. The van der Waals surface area contributed by atoms with Crippen molar-refractivity contribution in [1.29, 1.82) is 0 Å². The van der Waals surface area contributed by atoms with Gasteiger partial charge in [0.1, 0.15) is 0 Å². The number of nitrogens with zero attached hydrogens (tertiary/aromatic N) is 1. The highest BCUT2D eigenvalue weighted by Gasteiger charge is 2.41. The average Bonchev–Trinajstić information content (AvgIpc) is 3.43. The number of fused-ring (bicyclic) bond motifs is 2. The summed E-state index contributed by atoms with van der Waals surface area (Å²) in [6, 6.07) is 9.12. The lowest BCUT2D eigenvalue weighted by atomic mass is 9.86. The fraction of sp³-hybridized carbons (Fsp3) is 0.476. The fourth-order valence-electron chi connectivity index (χ4n) is 4.54. The zero-order valence-corrected chi connectivity index (χ0v) is 16.0. The second-order valence-corrected chi connectivity index (χ2v) is 7.74. The first-order valence-electron chi connectivity index (χ1n) is 9.96. The molecule has 3 unspecified atom stereocenters. The van der Waals surface area contributed by atoms with Crippen LogP contribution in [0, 0.1) is 11.8 Å². The summed E-state index contributed by atoms with van der Waals surface area (Å²) in [5.74, 6) is 0.989. The second kappa shape index (κ2) is 8.14. The molecule has 1 aromatic heterocycles. The molecule has 2 saturated carbocycles. The minimum absolute atomic E-state index is 0.392. The van der Waals surface area contributed by atoms with Gasteiger partial charge in [-0.05, 0) is 55.7 Å². The Morgan fingerprint density at radius 2 is 2.04 bits per heavy atom. The minimum Gasteiger partial charge on any atom is -0.377 e. The number of rotatable bonds is 6. The van der Waals surface area contributed by atoms with Crippen molar-refractivity contribution >= 4 is 23.3 Å². The molecule has 7 heteroatoms. The van der Waals surface area contributed by atoms with Crippen molar-refractivity contribution in [3.8, 4) is 0 Å². The van der Waals surface area contributed by atoms with Gasteiger partial charge in [0.25, 0.3) is 0 Å². The van der Waals surface area contributed by atoms with E-state index in [0.717, 1.165) is 23.1 Å². The molecular formula is C21H26N4O3. The minimum atomic E-state index is -0.735. The summed E-state index contributed by atoms with van der Waals surface area (Å²) in [4.78, 5) is 24.4. The van der Waals surface area contributed by atoms with E-state index in [9.17, 15) is 9.59 Å². The van der Waals surface area contributed by atoms with E-state index >= 15 is 0 Å². The molecule has 0 radical (unpaired) electrons. The van der Waals surface area contributed by atoms with Crippen LogP contribution in [0.15, 0.2) is 30.3 Å². The van der Waals surface area contributed by atoms with Gasteiger partial charge in [0.05, 0.1) is 6.61 Å². The predicted molar refractivity (Wildman–Crippen MR) is 106 cm³/mol. The van der Waals surface area contributed by atoms with Gasteiger partial charge in [0, 0.05) is 30.0 Å². The van der Waals surface area contributed by atoms with Crippen LogP contribution in [0.2, 0.25) is 0 Å². The smallest absolute Gasteiger partial charge is 0.315 e. The molecule has 0 aliphatic heterocycles. The van der Waals surface area contributed by atoms with Gasteiger partial charge in [-0.15, -0.1) is 0 Å². The molecule has 2 amide bonds. The van der Waals surface area contributed by atoms with Crippen molar-refractivity contribution in [2.75, 3.05) is 17.2 Å². The lowest BCUT2D eigenvalue weighted by molar-refractivity contribution is -0.133. The number of aromatic amines is 1. The number of amides is 2. The number of ether oxygens (including phenoxy) is 1. The van der Waals surface area contributed by atoms with Crippen molar-refractivity contribution < 1.29 is 14.3 Å². The topological polar surface area (TPSA) is 96.1 Å². The molecule has 2 aliphatic rings. The summed E-state index contributed by atoms with van der Waals surface area (Å²) in [6.45, 7) is 3.01. The second-order valence-electron chi connectivity index (χ2n) is 7.74. The number of aromatic nitrogens is 2. The van der Waals surface area contributed by atoms with Crippen LogP contribution in [0.1, 0.15) is 49.8 Å². The summed E-state index contributed by atoms with van der Waals surface area (Å²) in [6.07, 6.45) is 5.11. The van der Waals surface area contributed by atoms with Gasteiger partial charge < -0.3 is 15.4 Å². The van der Waals surface area contributed by atoms with Crippen LogP contribution in [0.3, 0.4) is 0 Å². The molecule has 3 atom stereocenters. The Hall–Kier alpha value is -2.67. The Morgan fingerprint density at radius 3 is 2.79 bits per heavy atom. The monoisotopic (exact) mass is 382 g/mol. The Balaban J connectivity index is 1.33. The van der Waals surface area contributed by atoms with Crippen LogP contribution >= 0.6 is 0 Å². The van der Waals surface area contributed by atoms with Gasteiger partial charge in [-0.1, -0.05) is 18.6 Å². The third-order valence-corrected chi connectivity index (χ3v) is 5.84. The molecule has 1 aromatic carbocycles. The third kappa shape index (κ3) is 4.09. The number of anilines is 2. The normalized spacial score (nSPS) is 23.0. The van der Waals surface area contributed by atoms with Crippen molar-refractivity contribution in [3.63, 3.8) is 0 Å². The molecule has 148 valence electrons. The van der Waals surface area contributed by atoms with E-state index in [1.54, 1.807) is 12.1 Å². The summed E-state index contributed by atoms with van der Waals surface area (Å²) in [5, 5.41) is 12.4. The number of hydrogen-bond donors (Lipinski definition) is 3. The van der Waals surface area contributed by atoms with E-state index in [-0.39, 0.29) is 0 Å².